The fourth-order valence-corrected chi connectivity index (χ4v) is 3.95. The van der Waals surface area contributed by atoms with Gasteiger partial charge in [0.05, 0.1) is 11.8 Å². The van der Waals surface area contributed by atoms with Gasteiger partial charge in [0.2, 0.25) is 5.89 Å². The number of oxazole rings is 1. The van der Waals surface area contributed by atoms with Crippen molar-refractivity contribution in [2.45, 2.75) is 39.7 Å². The number of nitrogens with one attached hydrogen (secondary N) is 1. The monoisotopic (exact) mass is 429 g/mol. The summed E-state index contributed by atoms with van der Waals surface area (Å²) >= 11 is 0. The lowest BCUT2D eigenvalue weighted by Crippen LogP contribution is -2.44. The summed E-state index contributed by atoms with van der Waals surface area (Å²) in [5, 5.41) is 3.22. The van der Waals surface area contributed by atoms with Crippen LogP contribution in [-0.4, -0.2) is 41.5 Å². The molecular weight excluding hydrogens is 398 g/mol. The highest BCUT2D eigenvalue weighted by Gasteiger charge is 2.23. The topological polar surface area (TPSA) is 58.4 Å². The van der Waals surface area contributed by atoms with Crippen molar-refractivity contribution < 1.29 is 9.21 Å². The van der Waals surface area contributed by atoms with Crippen molar-refractivity contribution in [3.63, 3.8) is 0 Å². The molecule has 1 saturated heterocycles. The van der Waals surface area contributed by atoms with Crippen molar-refractivity contribution in [3.05, 3.63) is 77.5 Å². The van der Waals surface area contributed by atoms with Crippen molar-refractivity contribution in [1.82, 2.24) is 15.2 Å². The van der Waals surface area contributed by atoms with Crippen molar-refractivity contribution in [2.24, 2.45) is 0 Å². The van der Waals surface area contributed by atoms with E-state index in [2.05, 4.69) is 42.0 Å². The quantitative estimate of drug-likeness (QED) is 0.527. The second kappa shape index (κ2) is 9.96. The number of rotatable bonds is 6. The van der Waals surface area contributed by atoms with Crippen LogP contribution in [0.3, 0.4) is 0 Å². The predicted molar refractivity (Wildman–Crippen MR) is 128 cm³/mol. The van der Waals surface area contributed by atoms with Crippen molar-refractivity contribution >= 4 is 5.91 Å². The van der Waals surface area contributed by atoms with E-state index in [4.69, 9.17) is 4.42 Å². The molecule has 1 amide bonds. The Morgan fingerprint density at radius 1 is 1.12 bits per heavy atom. The lowest BCUT2D eigenvalue weighted by Gasteiger charge is -2.31. The first-order chi connectivity index (χ1) is 15.5. The maximum atomic E-state index is 13.1. The summed E-state index contributed by atoms with van der Waals surface area (Å²) in [6, 6.07) is 15.8. The smallest absolute Gasteiger partial charge is 0.252 e. The van der Waals surface area contributed by atoms with Crippen LogP contribution >= 0.6 is 0 Å². The zero-order valence-electron chi connectivity index (χ0n) is 19.1. The van der Waals surface area contributed by atoms with Gasteiger partial charge in [0, 0.05) is 36.8 Å². The maximum absolute atomic E-state index is 13.1. The minimum Gasteiger partial charge on any atom is -0.436 e. The van der Waals surface area contributed by atoms with Gasteiger partial charge < -0.3 is 9.73 Å². The molecule has 0 saturated carbocycles. The number of piperidine rings is 1. The molecule has 1 N–H and O–H groups in total. The summed E-state index contributed by atoms with van der Waals surface area (Å²) in [6.07, 6.45) is 5.90. The fourth-order valence-electron chi connectivity index (χ4n) is 3.95. The number of benzene rings is 2. The Morgan fingerprint density at radius 3 is 2.56 bits per heavy atom. The van der Waals surface area contributed by atoms with Crippen LogP contribution < -0.4 is 5.32 Å². The highest BCUT2D eigenvalue weighted by Crippen LogP contribution is 2.28. The lowest BCUT2D eigenvalue weighted by atomic mass is 10.0. The molecule has 0 aliphatic carbocycles. The number of nitrogens with zero attached hydrogens (tertiary/aromatic N) is 2. The van der Waals surface area contributed by atoms with Crippen LogP contribution in [-0.2, 0) is 0 Å². The first kappa shape index (κ1) is 22.0. The standard InChI is InChI=1S/C27H31N3O2/c1-19(2)12-15-30-16-13-22(14-17-30)29-26(31)23-6-4-5-7-24(23)27-28-18-25(32-27)21-10-8-20(3)9-11-21/h4-12,18,22H,13-17H2,1-3H3,(H,29,31). The van der Waals surface area contributed by atoms with E-state index in [1.807, 2.05) is 48.5 Å². The molecule has 5 nitrogen and oxygen atoms in total. The molecule has 1 aliphatic heterocycles. The van der Waals surface area contributed by atoms with E-state index in [0.29, 0.717) is 22.8 Å². The van der Waals surface area contributed by atoms with Crippen molar-refractivity contribution in [2.75, 3.05) is 19.6 Å². The zero-order valence-corrected chi connectivity index (χ0v) is 19.1. The Balaban J connectivity index is 1.44. The molecule has 2 aromatic carbocycles. The maximum Gasteiger partial charge on any atom is 0.252 e. The van der Waals surface area contributed by atoms with E-state index in [9.17, 15) is 4.79 Å². The van der Waals surface area contributed by atoms with Gasteiger partial charge in [-0.15, -0.1) is 0 Å². The minimum absolute atomic E-state index is 0.0709. The predicted octanol–water partition coefficient (Wildman–Crippen LogP) is 5.48. The summed E-state index contributed by atoms with van der Waals surface area (Å²) in [4.78, 5) is 20.0. The van der Waals surface area contributed by atoms with Gasteiger partial charge in [0.1, 0.15) is 0 Å². The van der Waals surface area contributed by atoms with E-state index in [-0.39, 0.29) is 11.9 Å². The van der Waals surface area contributed by atoms with Gasteiger partial charge in [-0.3, -0.25) is 9.69 Å². The second-order valence-electron chi connectivity index (χ2n) is 8.77. The van der Waals surface area contributed by atoms with Crippen LogP contribution in [0.2, 0.25) is 0 Å². The number of hydrogen-bond donors (Lipinski definition) is 1. The SMILES string of the molecule is CC(C)=CCN1CCC(NC(=O)c2ccccc2-c2ncc(-c3ccc(C)cc3)o2)CC1. The summed E-state index contributed by atoms with van der Waals surface area (Å²) < 4.78 is 6.03. The third kappa shape index (κ3) is 5.35. The Bertz CT molecular complexity index is 1090. The lowest BCUT2D eigenvalue weighted by molar-refractivity contribution is 0.0914. The molecule has 0 radical (unpaired) electrons. The minimum atomic E-state index is -0.0709. The number of amides is 1. The molecule has 32 heavy (non-hydrogen) atoms. The van der Waals surface area contributed by atoms with Crippen LogP contribution in [0.4, 0.5) is 0 Å². The van der Waals surface area contributed by atoms with Gasteiger partial charge >= 0.3 is 0 Å². The van der Waals surface area contributed by atoms with E-state index >= 15 is 0 Å². The summed E-state index contributed by atoms with van der Waals surface area (Å²) in [7, 11) is 0. The highest BCUT2D eigenvalue weighted by molar-refractivity contribution is 6.00. The molecule has 3 aromatic rings. The average Bonchev–Trinajstić information content (AvgIpc) is 3.29. The van der Waals surface area contributed by atoms with Gasteiger partial charge in [-0.1, -0.05) is 53.6 Å². The molecule has 5 heteroatoms. The normalized spacial score (nSPS) is 14.8. The molecule has 1 aromatic heterocycles. The van der Waals surface area contributed by atoms with Crippen LogP contribution in [0.15, 0.2) is 70.8 Å². The van der Waals surface area contributed by atoms with E-state index in [0.717, 1.165) is 38.0 Å². The average molecular weight is 430 g/mol. The van der Waals surface area contributed by atoms with Gasteiger partial charge in [-0.2, -0.15) is 0 Å². The number of hydrogen-bond acceptors (Lipinski definition) is 4. The third-order valence-electron chi connectivity index (χ3n) is 5.92. The van der Waals surface area contributed by atoms with Crippen molar-refractivity contribution in [3.8, 4) is 22.8 Å². The molecule has 0 atom stereocenters. The van der Waals surface area contributed by atoms with Crippen molar-refractivity contribution in [1.29, 1.82) is 0 Å². The molecular formula is C27H31N3O2. The summed E-state index contributed by atoms with van der Waals surface area (Å²) in [6.45, 7) is 9.28. The fraction of sp³-hybridized carbons (Fsp3) is 0.333. The van der Waals surface area contributed by atoms with Crippen LogP contribution in [0.25, 0.3) is 22.8 Å². The highest BCUT2D eigenvalue weighted by atomic mass is 16.4. The van der Waals surface area contributed by atoms with Crippen LogP contribution in [0, 0.1) is 6.92 Å². The Kier molecular flexibility index (Phi) is 6.86. The van der Waals surface area contributed by atoms with Crippen LogP contribution in [0.1, 0.15) is 42.6 Å². The molecule has 166 valence electrons. The number of aryl methyl sites for hydroxylation is 1. The van der Waals surface area contributed by atoms with Crippen LogP contribution in [0.5, 0.6) is 0 Å². The van der Waals surface area contributed by atoms with Gasteiger partial charge in [-0.25, -0.2) is 4.98 Å². The zero-order chi connectivity index (χ0) is 22.5. The molecule has 0 unspecified atom stereocenters. The van der Waals surface area contributed by atoms with Gasteiger partial charge in [0.15, 0.2) is 5.76 Å². The first-order valence-corrected chi connectivity index (χ1v) is 11.3. The first-order valence-electron chi connectivity index (χ1n) is 11.3. The van der Waals surface area contributed by atoms with E-state index < -0.39 is 0 Å². The van der Waals surface area contributed by atoms with E-state index in [1.165, 1.54) is 11.1 Å². The van der Waals surface area contributed by atoms with E-state index in [1.54, 1.807) is 6.20 Å². The molecule has 4 rings (SSSR count). The number of carbonyl (C=O) groups excluding carboxylic acids is 1. The molecule has 1 fully saturated rings. The molecule has 0 spiro atoms. The second-order valence-corrected chi connectivity index (χ2v) is 8.77. The van der Waals surface area contributed by atoms with Gasteiger partial charge in [0.25, 0.3) is 5.91 Å². The number of carbonyl (C=O) groups is 1. The van der Waals surface area contributed by atoms with Gasteiger partial charge in [-0.05, 0) is 45.7 Å². The summed E-state index contributed by atoms with van der Waals surface area (Å²) in [5.41, 5.74) is 4.81. The number of aromatic nitrogens is 1. The number of allylic oxidation sites excluding steroid dienone is 1. The Morgan fingerprint density at radius 2 is 1.84 bits per heavy atom. The Labute approximate surface area is 190 Å². The Hall–Kier alpha value is -3.18. The molecule has 1 aliphatic rings. The largest absolute Gasteiger partial charge is 0.436 e. The molecule has 2 heterocycles. The number of likely N-dealkylation sites (tertiary alicyclic amines) is 1. The third-order valence-corrected chi connectivity index (χ3v) is 5.92. The molecule has 0 bridgehead atoms. The summed E-state index contributed by atoms with van der Waals surface area (Å²) in [5.74, 6) is 1.08.